The minimum Gasteiger partial charge on any atom is -0.322 e. The second-order valence-electron chi connectivity index (χ2n) is 2.94. The number of amides is 1. The van der Waals surface area contributed by atoms with E-state index in [0.717, 1.165) is 18.2 Å². The Balaban J connectivity index is 2.97. The van der Waals surface area contributed by atoms with Crippen LogP contribution in [0.1, 0.15) is 6.92 Å². The Bertz CT molecular complexity index is 457. The van der Waals surface area contributed by atoms with Crippen LogP contribution in [0.5, 0.6) is 0 Å². The van der Waals surface area contributed by atoms with E-state index >= 15 is 0 Å². The summed E-state index contributed by atoms with van der Waals surface area (Å²) in [5.74, 6) is -1.24. The van der Waals surface area contributed by atoms with E-state index in [4.69, 9.17) is 0 Å². The van der Waals surface area contributed by atoms with Crippen LogP contribution in [0.4, 0.5) is 15.8 Å². The zero-order valence-electron chi connectivity index (χ0n) is 8.44. The van der Waals surface area contributed by atoms with Crippen LogP contribution in [0.25, 0.3) is 0 Å². The molecular weight excluding hydrogens is 215 g/mol. The van der Waals surface area contributed by atoms with Gasteiger partial charge in [-0.2, -0.15) is 0 Å². The predicted molar refractivity (Wildman–Crippen MR) is 56.5 cm³/mol. The third kappa shape index (κ3) is 3.16. The first kappa shape index (κ1) is 11.8. The topological polar surface area (TPSA) is 72.2 Å². The summed E-state index contributed by atoms with van der Waals surface area (Å²) in [5.41, 5.74) is -0.356. The van der Waals surface area contributed by atoms with E-state index in [-0.39, 0.29) is 5.69 Å². The Hall–Kier alpha value is -2.24. The Morgan fingerprint density at radius 3 is 2.75 bits per heavy atom. The number of non-ortho nitro benzene ring substituents is 1. The van der Waals surface area contributed by atoms with E-state index in [1.54, 1.807) is 6.92 Å². The van der Waals surface area contributed by atoms with Crippen LogP contribution < -0.4 is 5.32 Å². The summed E-state index contributed by atoms with van der Waals surface area (Å²) < 4.78 is 13.0. The molecule has 0 atom stereocenters. The van der Waals surface area contributed by atoms with Gasteiger partial charge >= 0.3 is 0 Å². The number of nitrogens with one attached hydrogen (secondary N) is 1. The second kappa shape index (κ2) is 5.01. The molecule has 1 aromatic carbocycles. The van der Waals surface area contributed by atoms with E-state index in [2.05, 4.69) is 5.32 Å². The van der Waals surface area contributed by atoms with Crippen LogP contribution in [-0.2, 0) is 4.79 Å². The summed E-state index contributed by atoms with van der Waals surface area (Å²) in [6, 6.07) is 2.88. The lowest BCUT2D eigenvalue weighted by Gasteiger charge is -2.02. The Labute approximate surface area is 90.7 Å². The second-order valence-corrected chi connectivity index (χ2v) is 2.94. The third-order valence-corrected chi connectivity index (χ3v) is 1.68. The van der Waals surface area contributed by atoms with Crippen molar-refractivity contribution in [1.29, 1.82) is 0 Å². The summed E-state index contributed by atoms with van der Waals surface area (Å²) in [7, 11) is 0. The van der Waals surface area contributed by atoms with Gasteiger partial charge in [-0.3, -0.25) is 14.9 Å². The van der Waals surface area contributed by atoms with E-state index in [1.165, 1.54) is 12.2 Å². The van der Waals surface area contributed by atoms with Gasteiger partial charge in [-0.05, 0) is 19.1 Å². The molecule has 1 amide bonds. The van der Waals surface area contributed by atoms with Crippen molar-refractivity contribution in [3.63, 3.8) is 0 Å². The number of benzene rings is 1. The lowest BCUT2D eigenvalue weighted by molar-refractivity contribution is -0.385. The zero-order chi connectivity index (χ0) is 12.1. The highest BCUT2D eigenvalue weighted by Crippen LogP contribution is 2.19. The van der Waals surface area contributed by atoms with Gasteiger partial charge in [0.25, 0.3) is 5.69 Å². The molecule has 0 aliphatic heterocycles. The molecule has 0 unspecified atom stereocenters. The molecule has 0 spiro atoms. The van der Waals surface area contributed by atoms with E-state index in [0.29, 0.717) is 0 Å². The highest BCUT2D eigenvalue weighted by molar-refractivity contribution is 5.99. The van der Waals surface area contributed by atoms with Crippen molar-refractivity contribution in [2.75, 3.05) is 5.32 Å². The fraction of sp³-hybridized carbons (Fsp3) is 0.100. The number of anilines is 1. The molecule has 0 fully saturated rings. The Morgan fingerprint density at radius 2 is 2.19 bits per heavy atom. The molecule has 0 bridgehead atoms. The van der Waals surface area contributed by atoms with Crippen molar-refractivity contribution in [3.05, 3.63) is 46.3 Å². The number of halogens is 1. The van der Waals surface area contributed by atoms with Gasteiger partial charge in [0.05, 0.1) is 16.7 Å². The van der Waals surface area contributed by atoms with Gasteiger partial charge in [0.1, 0.15) is 5.82 Å². The molecule has 0 saturated carbocycles. The molecule has 0 saturated heterocycles. The van der Waals surface area contributed by atoms with Gasteiger partial charge in [0.15, 0.2) is 0 Å². The summed E-state index contributed by atoms with van der Waals surface area (Å²) in [4.78, 5) is 20.8. The smallest absolute Gasteiger partial charge is 0.274 e. The van der Waals surface area contributed by atoms with Crippen molar-refractivity contribution in [2.24, 2.45) is 0 Å². The van der Waals surface area contributed by atoms with Crippen molar-refractivity contribution in [3.8, 4) is 0 Å². The predicted octanol–water partition coefficient (Wildman–Crippen LogP) is 2.25. The SMILES string of the molecule is C/C=C/C(=O)Nc1cc(F)cc([N+](=O)[O-])c1. The van der Waals surface area contributed by atoms with Crippen LogP contribution in [0.15, 0.2) is 30.4 Å². The molecule has 5 nitrogen and oxygen atoms in total. The van der Waals surface area contributed by atoms with E-state index in [9.17, 15) is 19.3 Å². The van der Waals surface area contributed by atoms with Gasteiger partial charge in [0, 0.05) is 6.07 Å². The number of allylic oxidation sites excluding steroid dienone is 1. The molecule has 0 aliphatic rings. The van der Waals surface area contributed by atoms with Crippen LogP contribution in [0.3, 0.4) is 0 Å². The lowest BCUT2D eigenvalue weighted by Crippen LogP contribution is -2.08. The van der Waals surface area contributed by atoms with Crippen molar-refractivity contribution in [1.82, 2.24) is 0 Å². The maximum Gasteiger partial charge on any atom is 0.274 e. The summed E-state index contributed by atoms with van der Waals surface area (Å²) in [6.07, 6.45) is 2.74. The summed E-state index contributed by atoms with van der Waals surface area (Å²) in [5, 5.41) is 12.7. The van der Waals surface area contributed by atoms with Gasteiger partial charge in [-0.25, -0.2) is 4.39 Å². The van der Waals surface area contributed by atoms with Crippen LogP contribution in [0, 0.1) is 15.9 Å². The van der Waals surface area contributed by atoms with Gasteiger partial charge < -0.3 is 5.32 Å². The number of carbonyl (C=O) groups is 1. The van der Waals surface area contributed by atoms with Crippen molar-refractivity contribution < 1.29 is 14.1 Å². The quantitative estimate of drug-likeness (QED) is 0.486. The van der Waals surface area contributed by atoms with Crippen LogP contribution in [-0.4, -0.2) is 10.8 Å². The molecule has 1 N–H and O–H groups in total. The molecule has 16 heavy (non-hydrogen) atoms. The highest BCUT2D eigenvalue weighted by Gasteiger charge is 2.10. The molecule has 0 aliphatic carbocycles. The van der Waals surface area contributed by atoms with Crippen LogP contribution >= 0.6 is 0 Å². The average Bonchev–Trinajstić information content (AvgIpc) is 2.16. The number of nitro benzene ring substituents is 1. The first-order chi connectivity index (χ1) is 7.52. The normalized spacial score (nSPS) is 10.4. The Kier molecular flexibility index (Phi) is 3.71. The maximum atomic E-state index is 13.0. The molecular formula is C10H9FN2O3. The standard InChI is InChI=1S/C10H9FN2O3/c1-2-3-10(14)12-8-4-7(11)5-9(6-8)13(15)16/h2-6H,1H3,(H,12,14)/b3-2+. The monoisotopic (exact) mass is 224 g/mol. The third-order valence-electron chi connectivity index (χ3n) is 1.68. The molecule has 1 aromatic rings. The molecule has 1 rings (SSSR count). The highest BCUT2D eigenvalue weighted by atomic mass is 19.1. The van der Waals surface area contributed by atoms with Gasteiger partial charge in [-0.1, -0.05) is 6.08 Å². The largest absolute Gasteiger partial charge is 0.322 e. The first-order valence-corrected chi connectivity index (χ1v) is 4.41. The number of carbonyl (C=O) groups excluding carboxylic acids is 1. The molecule has 0 aromatic heterocycles. The van der Waals surface area contributed by atoms with E-state index < -0.39 is 22.3 Å². The molecule has 0 radical (unpaired) electrons. The minimum atomic E-state index is -0.773. The van der Waals surface area contributed by atoms with E-state index in [1.807, 2.05) is 0 Å². The number of nitro groups is 1. The maximum absolute atomic E-state index is 13.0. The average molecular weight is 224 g/mol. The summed E-state index contributed by atoms with van der Waals surface area (Å²) >= 11 is 0. The van der Waals surface area contributed by atoms with Gasteiger partial charge in [0.2, 0.25) is 5.91 Å². The fourth-order valence-corrected chi connectivity index (χ4v) is 1.09. The fourth-order valence-electron chi connectivity index (χ4n) is 1.09. The zero-order valence-corrected chi connectivity index (χ0v) is 8.44. The van der Waals surface area contributed by atoms with Gasteiger partial charge in [-0.15, -0.1) is 0 Å². The minimum absolute atomic E-state index is 0.0507. The number of rotatable bonds is 3. The Morgan fingerprint density at radius 1 is 1.50 bits per heavy atom. The van der Waals surface area contributed by atoms with Crippen molar-refractivity contribution in [2.45, 2.75) is 6.92 Å². The van der Waals surface area contributed by atoms with Crippen LogP contribution in [0.2, 0.25) is 0 Å². The molecule has 0 heterocycles. The van der Waals surface area contributed by atoms with Crippen molar-refractivity contribution >= 4 is 17.3 Å². The first-order valence-electron chi connectivity index (χ1n) is 4.41. The lowest BCUT2D eigenvalue weighted by atomic mass is 10.2. The molecule has 6 heteroatoms. The number of nitrogens with zero attached hydrogens (tertiary/aromatic N) is 1. The molecule has 84 valence electrons. The number of hydrogen-bond acceptors (Lipinski definition) is 3. The summed E-state index contributed by atoms with van der Waals surface area (Å²) in [6.45, 7) is 1.65. The number of hydrogen-bond donors (Lipinski definition) is 1.